The zero-order valence-corrected chi connectivity index (χ0v) is 12.2. The fourth-order valence-electron chi connectivity index (χ4n) is 1.81. The van der Waals surface area contributed by atoms with Crippen molar-refractivity contribution in [3.63, 3.8) is 0 Å². The number of halogens is 2. The Labute approximate surface area is 120 Å². The number of nitrogens with one attached hydrogen (secondary N) is 1. The summed E-state index contributed by atoms with van der Waals surface area (Å²) < 4.78 is 19.1. The first-order valence-corrected chi connectivity index (χ1v) is 6.75. The molecule has 100 valence electrons. The van der Waals surface area contributed by atoms with Gasteiger partial charge in [-0.2, -0.15) is 0 Å². The Kier molecular flexibility index (Phi) is 4.93. The largest absolute Gasteiger partial charge is 0.497 e. The van der Waals surface area contributed by atoms with Crippen molar-refractivity contribution >= 4 is 15.9 Å². The van der Waals surface area contributed by atoms with Crippen LogP contribution < -0.4 is 10.1 Å². The highest BCUT2D eigenvalue weighted by Gasteiger charge is 1.99. The van der Waals surface area contributed by atoms with Crippen LogP contribution in [0.25, 0.3) is 0 Å². The van der Waals surface area contributed by atoms with Crippen molar-refractivity contribution in [3.8, 4) is 5.75 Å². The Morgan fingerprint density at radius 1 is 1.05 bits per heavy atom. The smallest absolute Gasteiger partial charge is 0.124 e. The normalized spacial score (nSPS) is 10.5. The first-order valence-electron chi connectivity index (χ1n) is 5.96. The zero-order valence-electron chi connectivity index (χ0n) is 10.6. The number of benzene rings is 2. The van der Waals surface area contributed by atoms with Crippen LogP contribution in [0.1, 0.15) is 11.1 Å². The average Bonchev–Trinajstić information content (AvgIpc) is 2.38. The molecule has 0 aliphatic carbocycles. The number of rotatable bonds is 5. The Hall–Kier alpha value is -1.39. The summed E-state index contributed by atoms with van der Waals surface area (Å²) in [5.41, 5.74) is 2.08. The molecule has 0 amide bonds. The van der Waals surface area contributed by atoms with Crippen LogP contribution in [0, 0.1) is 5.82 Å². The van der Waals surface area contributed by atoms with Crippen LogP contribution in [0.4, 0.5) is 4.39 Å². The maximum atomic E-state index is 13.2. The lowest BCUT2D eigenvalue weighted by Gasteiger charge is -2.07. The Morgan fingerprint density at radius 3 is 2.37 bits per heavy atom. The molecule has 19 heavy (non-hydrogen) atoms. The van der Waals surface area contributed by atoms with Gasteiger partial charge in [0, 0.05) is 17.6 Å². The van der Waals surface area contributed by atoms with Crippen LogP contribution in [0.5, 0.6) is 5.75 Å². The van der Waals surface area contributed by atoms with Gasteiger partial charge >= 0.3 is 0 Å². The Morgan fingerprint density at radius 2 is 1.74 bits per heavy atom. The second-order valence-electron chi connectivity index (χ2n) is 4.23. The van der Waals surface area contributed by atoms with Gasteiger partial charge in [-0.1, -0.05) is 28.1 Å². The van der Waals surface area contributed by atoms with E-state index >= 15 is 0 Å². The molecule has 2 rings (SSSR count). The quantitative estimate of drug-likeness (QED) is 0.901. The molecule has 4 heteroatoms. The second kappa shape index (κ2) is 6.68. The van der Waals surface area contributed by atoms with E-state index in [2.05, 4.69) is 21.2 Å². The Balaban J connectivity index is 1.88. The SMILES string of the molecule is COc1ccc(CNCc2cc(F)cc(Br)c2)cc1. The third-order valence-corrected chi connectivity index (χ3v) is 3.20. The highest BCUT2D eigenvalue weighted by molar-refractivity contribution is 9.10. The minimum atomic E-state index is -0.226. The van der Waals surface area contributed by atoms with Crippen LogP contribution in [0.3, 0.4) is 0 Å². The molecule has 2 aromatic rings. The molecular formula is C15H15BrFNO. The molecule has 0 heterocycles. The first-order chi connectivity index (χ1) is 9.17. The molecule has 0 aliphatic heterocycles. The third-order valence-electron chi connectivity index (χ3n) is 2.74. The molecule has 1 N–H and O–H groups in total. The molecule has 2 aromatic carbocycles. The van der Waals surface area contributed by atoms with E-state index in [1.54, 1.807) is 7.11 Å². The van der Waals surface area contributed by atoms with Crippen molar-refractivity contribution in [1.29, 1.82) is 0 Å². The molecule has 0 unspecified atom stereocenters. The van der Waals surface area contributed by atoms with E-state index in [4.69, 9.17) is 4.74 Å². The van der Waals surface area contributed by atoms with E-state index in [1.807, 2.05) is 30.3 Å². The van der Waals surface area contributed by atoms with Gasteiger partial charge in [0.25, 0.3) is 0 Å². The predicted octanol–water partition coefficient (Wildman–Crippen LogP) is 3.89. The molecule has 0 aromatic heterocycles. The summed E-state index contributed by atoms with van der Waals surface area (Å²) in [5.74, 6) is 0.619. The number of hydrogen-bond donors (Lipinski definition) is 1. The zero-order chi connectivity index (χ0) is 13.7. The van der Waals surface area contributed by atoms with Gasteiger partial charge in [-0.3, -0.25) is 0 Å². The molecule has 0 bridgehead atoms. The molecule has 0 radical (unpaired) electrons. The van der Waals surface area contributed by atoms with E-state index in [9.17, 15) is 4.39 Å². The summed E-state index contributed by atoms with van der Waals surface area (Å²) in [7, 11) is 1.65. The van der Waals surface area contributed by atoms with Gasteiger partial charge in [0.2, 0.25) is 0 Å². The molecule has 0 saturated heterocycles. The fourth-order valence-corrected chi connectivity index (χ4v) is 2.32. The molecule has 0 atom stereocenters. The van der Waals surface area contributed by atoms with Crippen molar-refractivity contribution in [2.45, 2.75) is 13.1 Å². The topological polar surface area (TPSA) is 21.3 Å². The van der Waals surface area contributed by atoms with Crippen LogP contribution in [0.15, 0.2) is 46.9 Å². The van der Waals surface area contributed by atoms with Gasteiger partial charge in [0.05, 0.1) is 7.11 Å². The van der Waals surface area contributed by atoms with Crippen LogP contribution in [0.2, 0.25) is 0 Å². The lowest BCUT2D eigenvalue weighted by atomic mass is 10.2. The summed E-state index contributed by atoms with van der Waals surface area (Å²) in [5, 5.41) is 3.28. The van der Waals surface area contributed by atoms with Gasteiger partial charge in [-0.15, -0.1) is 0 Å². The van der Waals surface area contributed by atoms with Crippen molar-refractivity contribution in [2.24, 2.45) is 0 Å². The van der Waals surface area contributed by atoms with Crippen molar-refractivity contribution < 1.29 is 9.13 Å². The number of ether oxygens (including phenoxy) is 1. The maximum Gasteiger partial charge on any atom is 0.124 e. The summed E-state index contributed by atoms with van der Waals surface area (Å²) >= 11 is 3.28. The summed E-state index contributed by atoms with van der Waals surface area (Å²) in [6, 6.07) is 12.8. The maximum absolute atomic E-state index is 13.2. The Bertz CT molecular complexity index is 522. The second-order valence-corrected chi connectivity index (χ2v) is 5.15. The van der Waals surface area contributed by atoms with Gasteiger partial charge in [-0.05, 0) is 41.5 Å². The van der Waals surface area contributed by atoms with Crippen LogP contribution >= 0.6 is 15.9 Å². The average molecular weight is 324 g/mol. The van der Waals surface area contributed by atoms with Gasteiger partial charge in [-0.25, -0.2) is 4.39 Å². The first kappa shape index (κ1) is 14.0. The number of methoxy groups -OCH3 is 1. The number of hydrogen-bond acceptors (Lipinski definition) is 2. The van der Waals surface area contributed by atoms with E-state index in [-0.39, 0.29) is 5.82 Å². The predicted molar refractivity (Wildman–Crippen MR) is 77.6 cm³/mol. The minimum absolute atomic E-state index is 0.226. The highest BCUT2D eigenvalue weighted by atomic mass is 79.9. The highest BCUT2D eigenvalue weighted by Crippen LogP contribution is 2.15. The molecular weight excluding hydrogens is 309 g/mol. The van der Waals surface area contributed by atoms with E-state index < -0.39 is 0 Å². The van der Waals surface area contributed by atoms with E-state index in [1.165, 1.54) is 12.1 Å². The van der Waals surface area contributed by atoms with Gasteiger partial charge in [0.15, 0.2) is 0 Å². The van der Waals surface area contributed by atoms with Crippen molar-refractivity contribution in [2.75, 3.05) is 7.11 Å². The molecule has 0 aliphatic rings. The molecule has 0 saturated carbocycles. The minimum Gasteiger partial charge on any atom is -0.497 e. The lowest BCUT2D eigenvalue weighted by Crippen LogP contribution is -2.12. The van der Waals surface area contributed by atoms with Crippen molar-refractivity contribution in [3.05, 3.63) is 63.9 Å². The molecule has 2 nitrogen and oxygen atoms in total. The van der Waals surface area contributed by atoms with Crippen LogP contribution in [-0.2, 0) is 13.1 Å². The monoisotopic (exact) mass is 323 g/mol. The molecule has 0 spiro atoms. The standard InChI is InChI=1S/C15H15BrFNO/c1-19-15-4-2-11(3-5-15)9-18-10-12-6-13(16)8-14(17)7-12/h2-8,18H,9-10H2,1H3. The third kappa shape index (κ3) is 4.33. The lowest BCUT2D eigenvalue weighted by molar-refractivity contribution is 0.414. The van der Waals surface area contributed by atoms with Gasteiger partial charge < -0.3 is 10.1 Å². The van der Waals surface area contributed by atoms with Crippen molar-refractivity contribution in [1.82, 2.24) is 5.32 Å². The summed E-state index contributed by atoms with van der Waals surface area (Å²) in [6.45, 7) is 1.36. The fraction of sp³-hybridized carbons (Fsp3) is 0.200. The molecule has 0 fully saturated rings. The van der Waals surface area contributed by atoms with Crippen LogP contribution in [-0.4, -0.2) is 7.11 Å². The van der Waals surface area contributed by atoms with E-state index in [0.29, 0.717) is 6.54 Å². The van der Waals surface area contributed by atoms with Gasteiger partial charge in [0.1, 0.15) is 11.6 Å². The summed E-state index contributed by atoms with van der Waals surface area (Å²) in [6.07, 6.45) is 0. The summed E-state index contributed by atoms with van der Waals surface area (Å²) in [4.78, 5) is 0. The van der Waals surface area contributed by atoms with E-state index in [0.717, 1.165) is 27.9 Å².